The molecule has 1 aliphatic rings. The number of hydrogen-bond acceptors (Lipinski definition) is 2. The minimum absolute atomic E-state index is 0.243. The molecule has 0 radical (unpaired) electrons. The van der Waals surface area contributed by atoms with Crippen LogP contribution in [-0.2, 0) is 4.79 Å². The monoisotopic (exact) mass is 226 g/mol. The van der Waals surface area contributed by atoms with Crippen molar-refractivity contribution in [1.82, 2.24) is 10.6 Å². The molecule has 3 heteroatoms. The van der Waals surface area contributed by atoms with E-state index in [1.807, 2.05) is 0 Å². The van der Waals surface area contributed by atoms with Gasteiger partial charge in [0.2, 0.25) is 5.91 Å². The van der Waals surface area contributed by atoms with Crippen molar-refractivity contribution in [2.75, 3.05) is 13.1 Å². The van der Waals surface area contributed by atoms with Gasteiger partial charge in [-0.3, -0.25) is 4.79 Å². The Morgan fingerprint density at radius 3 is 2.50 bits per heavy atom. The highest BCUT2D eigenvalue weighted by molar-refractivity contribution is 5.76. The SMILES string of the molecule is CCC(NC(=O)CC1CCNCC1)C(C)C. The van der Waals surface area contributed by atoms with Gasteiger partial charge in [-0.25, -0.2) is 0 Å². The minimum atomic E-state index is 0.243. The van der Waals surface area contributed by atoms with Gasteiger partial charge in [0.05, 0.1) is 0 Å². The van der Waals surface area contributed by atoms with Crippen LogP contribution in [0.3, 0.4) is 0 Å². The first kappa shape index (κ1) is 13.5. The number of carbonyl (C=O) groups is 1. The molecule has 1 fully saturated rings. The van der Waals surface area contributed by atoms with Gasteiger partial charge in [0.25, 0.3) is 0 Å². The lowest BCUT2D eigenvalue weighted by Crippen LogP contribution is -2.39. The third-order valence-corrected chi connectivity index (χ3v) is 3.52. The van der Waals surface area contributed by atoms with Gasteiger partial charge < -0.3 is 10.6 Å². The van der Waals surface area contributed by atoms with Crippen LogP contribution in [0.4, 0.5) is 0 Å². The van der Waals surface area contributed by atoms with Crippen LogP contribution in [0.2, 0.25) is 0 Å². The quantitative estimate of drug-likeness (QED) is 0.752. The van der Waals surface area contributed by atoms with Crippen LogP contribution in [0.15, 0.2) is 0 Å². The fraction of sp³-hybridized carbons (Fsp3) is 0.923. The molecule has 1 amide bonds. The van der Waals surface area contributed by atoms with Crippen LogP contribution in [0.5, 0.6) is 0 Å². The summed E-state index contributed by atoms with van der Waals surface area (Å²) in [6.07, 6.45) is 4.03. The van der Waals surface area contributed by atoms with E-state index < -0.39 is 0 Å². The zero-order valence-corrected chi connectivity index (χ0v) is 10.9. The van der Waals surface area contributed by atoms with Crippen molar-refractivity contribution < 1.29 is 4.79 Å². The van der Waals surface area contributed by atoms with Crippen molar-refractivity contribution in [3.8, 4) is 0 Å². The second-order valence-electron chi connectivity index (χ2n) is 5.22. The first-order chi connectivity index (χ1) is 7.63. The van der Waals surface area contributed by atoms with E-state index >= 15 is 0 Å². The Kier molecular flexibility index (Phi) is 5.81. The molecule has 1 atom stereocenters. The van der Waals surface area contributed by atoms with Crippen molar-refractivity contribution in [3.05, 3.63) is 0 Å². The Bertz CT molecular complexity index is 210. The van der Waals surface area contributed by atoms with Gasteiger partial charge in [-0.05, 0) is 44.2 Å². The Hall–Kier alpha value is -0.570. The third kappa shape index (κ3) is 4.52. The van der Waals surface area contributed by atoms with E-state index in [2.05, 4.69) is 31.4 Å². The largest absolute Gasteiger partial charge is 0.353 e. The number of rotatable bonds is 5. The smallest absolute Gasteiger partial charge is 0.220 e. The molecule has 1 aliphatic heterocycles. The van der Waals surface area contributed by atoms with Crippen LogP contribution in [0.1, 0.15) is 46.5 Å². The van der Waals surface area contributed by atoms with E-state index in [-0.39, 0.29) is 5.91 Å². The van der Waals surface area contributed by atoms with E-state index in [1.165, 1.54) is 0 Å². The van der Waals surface area contributed by atoms with Crippen LogP contribution in [-0.4, -0.2) is 25.0 Å². The van der Waals surface area contributed by atoms with E-state index in [0.29, 0.717) is 24.3 Å². The molecule has 1 unspecified atom stereocenters. The van der Waals surface area contributed by atoms with Gasteiger partial charge in [-0.1, -0.05) is 20.8 Å². The molecule has 0 spiro atoms. The maximum atomic E-state index is 11.9. The standard InChI is InChI=1S/C13H26N2O/c1-4-12(10(2)3)15-13(16)9-11-5-7-14-8-6-11/h10-12,14H,4-9H2,1-3H3,(H,15,16). The lowest BCUT2D eigenvalue weighted by molar-refractivity contribution is -0.123. The van der Waals surface area contributed by atoms with Gasteiger partial charge in [0.15, 0.2) is 0 Å². The van der Waals surface area contributed by atoms with Crippen molar-refractivity contribution >= 4 is 5.91 Å². The summed E-state index contributed by atoms with van der Waals surface area (Å²) in [6.45, 7) is 8.60. The fourth-order valence-electron chi connectivity index (χ4n) is 2.35. The number of amides is 1. The summed E-state index contributed by atoms with van der Waals surface area (Å²) in [7, 11) is 0. The Balaban J connectivity index is 2.28. The van der Waals surface area contributed by atoms with Crippen LogP contribution in [0.25, 0.3) is 0 Å². The van der Waals surface area contributed by atoms with Gasteiger partial charge in [0, 0.05) is 12.5 Å². The van der Waals surface area contributed by atoms with Gasteiger partial charge >= 0.3 is 0 Å². The van der Waals surface area contributed by atoms with Crippen LogP contribution >= 0.6 is 0 Å². The number of nitrogens with one attached hydrogen (secondary N) is 2. The summed E-state index contributed by atoms with van der Waals surface area (Å²) >= 11 is 0. The molecule has 16 heavy (non-hydrogen) atoms. The lowest BCUT2D eigenvalue weighted by Gasteiger charge is -2.25. The second-order valence-corrected chi connectivity index (χ2v) is 5.22. The molecule has 94 valence electrons. The van der Waals surface area contributed by atoms with E-state index in [4.69, 9.17) is 0 Å². The minimum Gasteiger partial charge on any atom is -0.353 e. The molecule has 2 N–H and O–H groups in total. The van der Waals surface area contributed by atoms with E-state index in [9.17, 15) is 4.79 Å². The van der Waals surface area contributed by atoms with Crippen molar-refractivity contribution in [1.29, 1.82) is 0 Å². The summed E-state index contributed by atoms with van der Waals surface area (Å²) in [5.41, 5.74) is 0. The zero-order valence-electron chi connectivity index (χ0n) is 10.9. The highest BCUT2D eigenvalue weighted by Crippen LogP contribution is 2.16. The molecule has 0 saturated carbocycles. The molecule has 0 bridgehead atoms. The summed E-state index contributed by atoms with van der Waals surface area (Å²) < 4.78 is 0. The molecule has 0 aromatic heterocycles. The average Bonchev–Trinajstić information content (AvgIpc) is 2.27. The van der Waals surface area contributed by atoms with Crippen molar-refractivity contribution in [2.24, 2.45) is 11.8 Å². The Morgan fingerprint density at radius 2 is 2.00 bits per heavy atom. The summed E-state index contributed by atoms with van der Waals surface area (Å²) in [4.78, 5) is 11.9. The molecule has 0 aliphatic carbocycles. The number of hydrogen-bond donors (Lipinski definition) is 2. The Morgan fingerprint density at radius 1 is 1.38 bits per heavy atom. The topological polar surface area (TPSA) is 41.1 Å². The third-order valence-electron chi connectivity index (χ3n) is 3.52. The molecule has 0 aromatic carbocycles. The molecular formula is C13H26N2O. The fourth-order valence-corrected chi connectivity index (χ4v) is 2.35. The molecule has 1 rings (SSSR count). The highest BCUT2D eigenvalue weighted by Gasteiger charge is 2.19. The van der Waals surface area contributed by atoms with E-state index in [0.717, 1.165) is 32.4 Å². The van der Waals surface area contributed by atoms with Gasteiger partial charge in [0.1, 0.15) is 0 Å². The number of carbonyl (C=O) groups excluding carboxylic acids is 1. The molecule has 3 nitrogen and oxygen atoms in total. The summed E-state index contributed by atoms with van der Waals surface area (Å²) in [5.74, 6) is 1.36. The molecule has 1 heterocycles. The molecule has 1 saturated heterocycles. The zero-order chi connectivity index (χ0) is 12.0. The summed E-state index contributed by atoms with van der Waals surface area (Å²) in [6, 6.07) is 0.342. The molecule has 0 aromatic rings. The maximum Gasteiger partial charge on any atom is 0.220 e. The number of piperidine rings is 1. The highest BCUT2D eigenvalue weighted by atomic mass is 16.1. The van der Waals surface area contributed by atoms with Crippen LogP contribution < -0.4 is 10.6 Å². The van der Waals surface area contributed by atoms with Crippen molar-refractivity contribution in [3.63, 3.8) is 0 Å². The predicted molar refractivity (Wildman–Crippen MR) is 67.3 cm³/mol. The second kappa shape index (κ2) is 6.89. The maximum absolute atomic E-state index is 11.9. The van der Waals surface area contributed by atoms with Gasteiger partial charge in [-0.15, -0.1) is 0 Å². The van der Waals surface area contributed by atoms with Gasteiger partial charge in [-0.2, -0.15) is 0 Å². The lowest BCUT2D eigenvalue weighted by atomic mass is 9.93. The first-order valence-corrected chi connectivity index (χ1v) is 6.63. The van der Waals surface area contributed by atoms with Crippen LogP contribution in [0, 0.1) is 11.8 Å². The normalized spacial score (nSPS) is 19.8. The van der Waals surface area contributed by atoms with E-state index in [1.54, 1.807) is 0 Å². The Labute approximate surface area is 99.4 Å². The summed E-state index contributed by atoms with van der Waals surface area (Å²) in [5, 5.41) is 6.48. The predicted octanol–water partition coefficient (Wildman–Crippen LogP) is 1.93. The van der Waals surface area contributed by atoms with Crippen molar-refractivity contribution in [2.45, 2.75) is 52.5 Å². The first-order valence-electron chi connectivity index (χ1n) is 6.63. The average molecular weight is 226 g/mol. The molecular weight excluding hydrogens is 200 g/mol.